The Balaban J connectivity index is 2.22. The van der Waals surface area contributed by atoms with E-state index < -0.39 is 11.9 Å². The van der Waals surface area contributed by atoms with E-state index in [0.717, 1.165) is 0 Å². The van der Waals surface area contributed by atoms with Gasteiger partial charge in [-0.05, 0) is 12.1 Å². The number of anilines is 1. The molecule has 0 aliphatic heterocycles. The molecule has 1 atom stereocenters. The molecule has 0 aliphatic rings. The van der Waals surface area contributed by atoms with Gasteiger partial charge in [0.15, 0.2) is 6.04 Å². The van der Waals surface area contributed by atoms with Gasteiger partial charge in [0, 0.05) is 0 Å². The smallest absolute Gasteiger partial charge is 0.167 e. The minimum Gasteiger partial charge on any atom is -0.362 e. The van der Waals surface area contributed by atoms with Crippen molar-refractivity contribution in [3.8, 4) is 6.07 Å². The maximum absolute atomic E-state index is 13.4. The summed E-state index contributed by atoms with van der Waals surface area (Å²) in [6, 6.07) is 7.48. The Kier molecular flexibility index (Phi) is 3.57. The van der Waals surface area contributed by atoms with Gasteiger partial charge in [0.2, 0.25) is 0 Å². The predicted molar refractivity (Wildman–Crippen MR) is 65.5 cm³/mol. The average molecular weight is 268 g/mol. The zero-order chi connectivity index (χ0) is 12.3. The highest BCUT2D eigenvalue weighted by atomic mass is 35.5. The molecule has 0 aliphatic carbocycles. The molecule has 1 aromatic heterocycles. The van der Waals surface area contributed by atoms with E-state index in [1.165, 1.54) is 23.6 Å². The fourth-order valence-corrected chi connectivity index (χ4v) is 2.21. The molecular weight excluding hydrogens is 261 g/mol. The molecule has 1 aromatic carbocycles. The number of thiazole rings is 1. The van der Waals surface area contributed by atoms with Crippen molar-refractivity contribution < 1.29 is 4.39 Å². The maximum atomic E-state index is 13.4. The van der Waals surface area contributed by atoms with Crippen LogP contribution in [-0.2, 0) is 0 Å². The largest absolute Gasteiger partial charge is 0.362 e. The van der Waals surface area contributed by atoms with Crippen LogP contribution in [0, 0.1) is 17.1 Å². The van der Waals surface area contributed by atoms with E-state index in [0.29, 0.717) is 9.34 Å². The molecule has 3 nitrogen and oxygen atoms in total. The van der Waals surface area contributed by atoms with Gasteiger partial charge < -0.3 is 5.32 Å². The molecule has 0 spiro atoms. The van der Waals surface area contributed by atoms with Crippen LogP contribution in [-0.4, -0.2) is 4.98 Å². The summed E-state index contributed by atoms with van der Waals surface area (Å²) >= 11 is 6.93. The van der Waals surface area contributed by atoms with Crippen molar-refractivity contribution >= 4 is 28.6 Å². The topological polar surface area (TPSA) is 48.7 Å². The average Bonchev–Trinajstić information content (AvgIpc) is 2.75. The minimum atomic E-state index is -0.704. The SMILES string of the molecule is N#CC(Nc1ccccc1F)c1ncc(Cl)s1. The Bertz CT molecular complexity index is 564. The highest BCUT2D eigenvalue weighted by Crippen LogP contribution is 2.27. The molecule has 1 heterocycles. The van der Waals surface area contributed by atoms with Gasteiger partial charge in [0.05, 0.1) is 18.0 Å². The van der Waals surface area contributed by atoms with E-state index >= 15 is 0 Å². The van der Waals surface area contributed by atoms with Gasteiger partial charge in [-0.25, -0.2) is 9.37 Å². The zero-order valence-electron chi connectivity index (χ0n) is 8.52. The molecule has 1 N–H and O–H groups in total. The first-order chi connectivity index (χ1) is 8.20. The minimum absolute atomic E-state index is 0.269. The number of aromatic nitrogens is 1. The zero-order valence-corrected chi connectivity index (χ0v) is 10.1. The van der Waals surface area contributed by atoms with E-state index in [1.807, 2.05) is 6.07 Å². The summed E-state index contributed by atoms with van der Waals surface area (Å²) in [6.45, 7) is 0. The Morgan fingerprint density at radius 1 is 1.47 bits per heavy atom. The quantitative estimate of drug-likeness (QED) is 0.924. The summed E-state index contributed by atoms with van der Waals surface area (Å²) in [4.78, 5) is 3.99. The number of halogens is 2. The summed E-state index contributed by atoms with van der Waals surface area (Å²) in [6.07, 6.45) is 1.47. The number of benzene rings is 1. The van der Waals surface area contributed by atoms with Gasteiger partial charge in [-0.15, -0.1) is 11.3 Å². The number of hydrogen-bond acceptors (Lipinski definition) is 4. The summed E-state index contributed by atoms with van der Waals surface area (Å²) in [5.41, 5.74) is 0.269. The molecule has 0 amide bonds. The highest BCUT2D eigenvalue weighted by molar-refractivity contribution is 7.15. The lowest BCUT2D eigenvalue weighted by Gasteiger charge is -2.10. The maximum Gasteiger partial charge on any atom is 0.167 e. The van der Waals surface area contributed by atoms with Crippen molar-refractivity contribution in [3.63, 3.8) is 0 Å². The summed E-state index contributed by atoms with van der Waals surface area (Å²) in [5.74, 6) is -0.407. The number of nitriles is 1. The molecule has 0 fully saturated rings. The molecule has 6 heteroatoms. The molecule has 0 saturated heterocycles. The van der Waals surface area contributed by atoms with Gasteiger partial charge in [-0.3, -0.25) is 0 Å². The fraction of sp³-hybridized carbons (Fsp3) is 0.0909. The van der Waals surface area contributed by atoms with Crippen LogP contribution in [0.25, 0.3) is 0 Å². The van der Waals surface area contributed by atoms with Crippen molar-refractivity contribution in [2.24, 2.45) is 0 Å². The van der Waals surface area contributed by atoms with Crippen molar-refractivity contribution in [3.05, 3.63) is 45.6 Å². The van der Waals surface area contributed by atoms with Crippen LogP contribution in [0.5, 0.6) is 0 Å². The van der Waals surface area contributed by atoms with Gasteiger partial charge in [-0.1, -0.05) is 23.7 Å². The molecule has 1 unspecified atom stereocenters. The second-order valence-electron chi connectivity index (χ2n) is 3.19. The Hall–Kier alpha value is -1.64. The van der Waals surface area contributed by atoms with E-state index in [9.17, 15) is 4.39 Å². The molecule has 0 bridgehead atoms. The first-order valence-electron chi connectivity index (χ1n) is 4.72. The lowest BCUT2D eigenvalue weighted by atomic mass is 10.2. The van der Waals surface area contributed by atoms with Crippen LogP contribution < -0.4 is 5.32 Å². The van der Waals surface area contributed by atoms with Crippen molar-refractivity contribution in [1.29, 1.82) is 5.26 Å². The molecule has 0 saturated carbocycles. The van der Waals surface area contributed by atoms with Crippen molar-refractivity contribution in [2.45, 2.75) is 6.04 Å². The number of para-hydroxylation sites is 1. The van der Waals surface area contributed by atoms with E-state index in [-0.39, 0.29) is 5.69 Å². The summed E-state index contributed by atoms with van der Waals surface area (Å²) in [7, 11) is 0. The Labute approximate surface area is 106 Å². The highest BCUT2D eigenvalue weighted by Gasteiger charge is 2.15. The lowest BCUT2D eigenvalue weighted by Crippen LogP contribution is -2.09. The molecule has 2 rings (SSSR count). The lowest BCUT2D eigenvalue weighted by molar-refractivity contribution is 0.629. The second kappa shape index (κ2) is 5.13. The molecule has 17 heavy (non-hydrogen) atoms. The Morgan fingerprint density at radius 3 is 2.82 bits per heavy atom. The number of hydrogen-bond donors (Lipinski definition) is 1. The third-order valence-corrected chi connectivity index (χ3v) is 3.22. The van der Waals surface area contributed by atoms with Crippen LogP contribution in [0.2, 0.25) is 4.34 Å². The van der Waals surface area contributed by atoms with Crippen LogP contribution in [0.3, 0.4) is 0 Å². The normalized spacial score (nSPS) is 11.8. The molecule has 2 aromatic rings. The van der Waals surface area contributed by atoms with Crippen molar-refractivity contribution in [2.75, 3.05) is 5.32 Å². The predicted octanol–water partition coefficient (Wildman–Crippen LogP) is 3.61. The number of rotatable bonds is 3. The van der Waals surface area contributed by atoms with E-state index in [4.69, 9.17) is 16.9 Å². The monoisotopic (exact) mass is 267 g/mol. The first kappa shape index (κ1) is 11.8. The van der Waals surface area contributed by atoms with Gasteiger partial charge in [0.1, 0.15) is 15.2 Å². The van der Waals surface area contributed by atoms with Crippen molar-refractivity contribution in [1.82, 2.24) is 4.98 Å². The van der Waals surface area contributed by atoms with Crippen LogP contribution in [0.15, 0.2) is 30.5 Å². The number of nitrogens with one attached hydrogen (secondary N) is 1. The summed E-state index contributed by atoms with van der Waals surface area (Å²) < 4.78 is 13.9. The van der Waals surface area contributed by atoms with Gasteiger partial charge in [0.25, 0.3) is 0 Å². The second-order valence-corrected chi connectivity index (χ2v) is 4.88. The molecule has 0 radical (unpaired) electrons. The van der Waals surface area contributed by atoms with Gasteiger partial charge in [-0.2, -0.15) is 5.26 Å². The third kappa shape index (κ3) is 2.73. The van der Waals surface area contributed by atoms with E-state index in [1.54, 1.807) is 18.2 Å². The molecular formula is C11H7ClFN3S. The van der Waals surface area contributed by atoms with E-state index in [2.05, 4.69) is 10.3 Å². The summed E-state index contributed by atoms with van der Waals surface area (Å²) in [5, 5.41) is 12.3. The number of nitrogens with zero attached hydrogens (tertiary/aromatic N) is 2. The Morgan fingerprint density at radius 2 is 2.24 bits per heavy atom. The van der Waals surface area contributed by atoms with Crippen LogP contribution in [0.1, 0.15) is 11.0 Å². The van der Waals surface area contributed by atoms with Crippen LogP contribution >= 0.6 is 22.9 Å². The molecule has 86 valence electrons. The van der Waals surface area contributed by atoms with Crippen LogP contribution in [0.4, 0.5) is 10.1 Å². The third-order valence-electron chi connectivity index (χ3n) is 2.05. The first-order valence-corrected chi connectivity index (χ1v) is 5.92. The van der Waals surface area contributed by atoms with Gasteiger partial charge >= 0.3 is 0 Å². The standard InChI is InChI=1S/C11H7ClFN3S/c12-10-6-15-11(17-10)9(5-14)16-8-4-2-1-3-7(8)13/h1-4,6,9,16H. The fourth-order valence-electron chi connectivity index (χ4n) is 1.28.